The van der Waals surface area contributed by atoms with E-state index in [1.807, 2.05) is 36.2 Å². The summed E-state index contributed by atoms with van der Waals surface area (Å²) in [6.07, 6.45) is 5.36. The summed E-state index contributed by atoms with van der Waals surface area (Å²) in [5, 5.41) is 0. The van der Waals surface area contributed by atoms with Crippen molar-refractivity contribution >= 4 is 23.1 Å². The van der Waals surface area contributed by atoms with E-state index in [1.54, 1.807) is 11.7 Å². The molecule has 128 valence electrons. The molecule has 0 aromatic carbocycles. The van der Waals surface area contributed by atoms with Crippen LogP contribution in [0.2, 0.25) is 0 Å². The first-order chi connectivity index (χ1) is 11.6. The topological polar surface area (TPSA) is 58.6 Å². The zero-order valence-electron chi connectivity index (χ0n) is 14.0. The number of aryl methyl sites for hydroxylation is 1. The molecule has 1 amide bonds. The van der Waals surface area contributed by atoms with Gasteiger partial charge in [0, 0.05) is 33.4 Å². The molecule has 1 saturated heterocycles. The number of ether oxygens (including phenoxy) is 1. The second-order valence-corrected chi connectivity index (χ2v) is 6.95. The highest BCUT2D eigenvalue weighted by atomic mass is 32.1. The molecule has 0 radical (unpaired) electrons. The fourth-order valence-electron chi connectivity index (χ4n) is 2.74. The third-order valence-corrected chi connectivity index (χ3v) is 4.85. The van der Waals surface area contributed by atoms with Crippen LogP contribution in [-0.2, 0) is 11.2 Å². The van der Waals surface area contributed by atoms with Gasteiger partial charge in [0.15, 0.2) is 0 Å². The van der Waals surface area contributed by atoms with Crippen molar-refractivity contribution in [3.63, 3.8) is 0 Å². The summed E-state index contributed by atoms with van der Waals surface area (Å²) in [6, 6.07) is 4.14. The smallest absolute Gasteiger partial charge is 0.265 e. The number of morpholine rings is 1. The summed E-state index contributed by atoms with van der Waals surface area (Å²) in [7, 11) is 3.97. The molecule has 3 rings (SSSR count). The second kappa shape index (κ2) is 7.72. The van der Waals surface area contributed by atoms with E-state index in [2.05, 4.69) is 16.0 Å². The van der Waals surface area contributed by atoms with Crippen LogP contribution in [0.15, 0.2) is 30.0 Å². The predicted molar refractivity (Wildman–Crippen MR) is 94.6 cm³/mol. The fraction of sp³-hybridized carbons (Fsp3) is 0.471. The van der Waals surface area contributed by atoms with Crippen LogP contribution >= 0.6 is 11.3 Å². The minimum absolute atomic E-state index is 0.0598. The van der Waals surface area contributed by atoms with Crippen LogP contribution in [0.3, 0.4) is 0 Å². The van der Waals surface area contributed by atoms with Crippen molar-refractivity contribution < 1.29 is 9.53 Å². The van der Waals surface area contributed by atoms with E-state index in [-0.39, 0.29) is 12.0 Å². The molecular weight excluding hydrogens is 324 g/mol. The van der Waals surface area contributed by atoms with Crippen molar-refractivity contribution in [1.29, 1.82) is 0 Å². The standard InChI is InChI=1S/C17H22N4O2S/c1-20(2)16-9-13(5-6-19-16)3-4-14-11-21(7-8-23-14)17(22)15-10-18-12-24-15/h5-6,9-10,12,14H,3-4,7-8,11H2,1-2H3. The van der Waals surface area contributed by atoms with Gasteiger partial charge in [-0.2, -0.15) is 0 Å². The van der Waals surface area contributed by atoms with Gasteiger partial charge in [0.2, 0.25) is 0 Å². The molecule has 0 bridgehead atoms. The maximum atomic E-state index is 12.4. The molecule has 2 aromatic rings. The molecule has 0 spiro atoms. The quantitative estimate of drug-likeness (QED) is 0.830. The van der Waals surface area contributed by atoms with Gasteiger partial charge in [0.1, 0.15) is 10.7 Å². The number of aromatic nitrogens is 2. The summed E-state index contributed by atoms with van der Waals surface area (Å²) < 4.78 is 5.84. The number of hydrogen-bond donors (Lipinski definition) is 0. The van der Waals surface area contributed by atoms with E-state index in [9.17, 15) is 4.79 Å². The predicted octanol–water partition coefficient (Wildman–Crippen LogP) is 2.08. The number of pyridine rings is 1. The van der Waals surface area contributed by atoms with E-state index in [4.69, 9.17) is 4.74 Å². The Balaban J connectivity index is 1.56. The monoisotopic (exact) mass is 346 g/mol. The summed E-state index contributed by atoms with van der Waals surface area (Å²) in [4.78, 5) is 25.3. The first kappa shape index (κ1) is 16.9. The molecule has 0 N–H and O–H groups in total. The van der Waals surface area contributed by atoms with Crippen molar-refractivity contribution in [3.8, 4) is 0 Å². The van der Waals surface area contributed by atoms with Crippen molar-refractivity contribution in [3.05, 3.63) is 40.5 Å². The normalized spacial score (nSPS) is 17.8. The maximum absolute atomic E-state index is 12.4. The number of carbonyl (C=O) groups is 1. The lowest BCUT2D eigenvalue weighted by Crippen LogP contribution is -2.45. The second-order valence-electron chi connectivity index (χ2n) is 6.07. The van der Waals surface area contributed by atoms with E-state index in [1.165, 1.54) is 16.9 Å². The Morgan fingerprint density at radius 1 is 1.50 bits per heavy atom. The highest BCUT2D eigenvalue weighted by Gasteiger charge is 2.25. The lowest BCUT2D eigenvalue weighted by molar-refractivity contribution is -0.0244. The Hall–Kier alpha value is -1.99. The number of rotatable bonds is 5. The van der Waals surface area contributed by atoms with E-state index < -0.39 is 0 Å². The number of hydrogen-bond acceptors (Lipinski definition) is 6. The van der Waals surface area contributed by atoms with Crippen LogP contribution in [0.25, 0.3) is 0 Å². The first-order valence-corrected chi connectivity index (χ1v) is 8.93. The molecule has 24 heavy (non-hydrogen) atoms. The largest absolute Gasteiger partial charge is 0.375 e. The van der Waals surface area contributed by atoms with Crippen LogP contribution in [-0.4, -0.2) is 60.7 Å². The van der Waals surface area contributed by atoms with Crippen molar-refractivity contribution in [2.24, 2.45) is 0 Å². The Morgan fingerprint density at radius 2 is 2.38 bits per heavy atom. The van der Waals surface area contributed by atoms with Gasteiger partial charge in [-0.3, -0.25) is 9.78 Å². The van der Waals surface area contributed by atoms with Gasteiger partial charge < -0.3 is 14.5 Å². The van der Waals surface area contributed by atoms with Crippen LogP contribution in [0.4, 0.5) is 5.82 Å². The molecule has 1 aliphatic heterocycles. The molecule has 3 heterocycles. The summed E-state index contributed by atoms with van der Waals surface area (Å²) in [5.74, 6) is 1.02. The molecular formula is C17H22N4O2S. The van der Waals surface area contributed by atoms with Gasteiger partial charge in [0.05, 0.1) is 24.4 Å². The van der Waals surface area contributed by atoms with Crippen molar-refractivity contribution in [1.82, 2.24) is 14.9 Å². The summed E-state index contributed by atoms with van der Waals surface area (Å²) >= 11 is 1.39. The Bertz CT molecular complexity index is 675. The minimum atomic E-state index is 0.0598. The molecule has 2 aromatic heterocycles. The Labute approximate surface area is 146 Å². The number of nitrogens with zero attached hydrogens (tertiary/aromatic N) is 4. The van der Waals surface area contributed by atoms with Gasteiger partial charge in [-0.15, -0.1) is 11.3 Å². The molecule has 0 aliphatic carbocycles. The van der Waals surface area contributed by atoms with Crippen LogP contribution < -0.4 is 4.90 Å². The molecule has 7 heteroatoms. The van der Waals surface area contributed by atoms with Crippen molar-refractivity contribution in [2.45, 2.75) is 18.9 Å². The summed E-state index contributed by atoms with van der Waals surface area (Å²) in [5.41, 5.74) is 2.93. The molecule has 1 atom stereocenters. The lowest BCUT2D eigenvalue weighted by Gasteiger charge is -2.32. The van der Waals surface area contributed by atoms with E-state index >= 15 is 0 Å². The molecule has 0 saturated carbocycles. The SMILES string of the molecule is CN(C)c1cc(CCC2CN(C(=O)c3cncs3)CCO2)ccn1. The lowest BCUT2D eigenvalue weighted by atomic mass is 10.1. The minimum Gasteiger partial charge on any atom is -0.375 e. The molecule has 1 aliphatic rings. The zero-order chi connectivity index (χ0) is 16.9. The van der Waals surface area contributed by atoms with Gasteiger partial charge in [0.25, 0.3) is 5.91 Å². The van der Waals surface area contributed by atoms with Crippen molar-refractivity contribution in [2.75, 3.05) is 38.7 Å². The average Bonchev–Trinajstić information content (AvgIpc) is 3.14. The fourth-order valence-corrected chi connectivity index (χ4v) is 3.33. The Morgan fingerprint density at radius 3 is 3.12 bits per heavy atom. The van der Waals surface area contributed by atoms with Gasteiger partial charge in [-0.05, 0) is 30.5 Å². The number of anilines is 1. The molecule has 6 nitrogen and oxygen atoms in total. The van der Waals surface area contributed by atoms with Gasteiger partial charge in [-0.1, -0.05) is 0 Å². The van der Waals surface area contributed by atoms with Gasteiger partial charge >= 0.3 is 0 Å². The maximum Gasteiger partial charge on any atom is 0.265 e. The zero-order valence-corrected chi connectivity index (χ0v) is 14.8. The third kappa shape index (κ3) is 4.10. The van der Waals surface area contributed by atoms with E-state index in [0.717, 1.165) is 18.7 Å². The van der Waals surface area contributed by atoms with Crippen LogP contribution in [0, 0.1) is 0 Å². The third-order valence-electron chi connectivity index (χ3n) is 4.09. The number of carbonyl (C=O) groups excluding carboxylic acids is 1. The van der Waals surface area contributed by atoms with Gasteiger partial charge in [-0.25, -0.2) is 4.98 Å². The summed E-state index contributed by atoms with van der Waals surface area (Å²) in [6.45, 7) is 1.88. The molecule has 1 unspecified atom stereocenters. The highest BCUT2D eigenvalue weighted by Crippen LogP contribution is 2.18. The first-order valence-electron chi connectivity index (χ1n) is 8.05. The van der Waals surface area contributed by atoms with E-state index in [0.29, 0.717) is 24.6 Å². The average molecular weight is 346 g/mol. The van der Waals surface area contributed by atoms with Crippen LogP contribution in [0.5, 0.6) is 0 Å². The highest BCUT2D eigenvalue weighted by molar-refractivity contribution is 7.11. The number of amides is 1. The molecule has 1 fully saturated rings. The Kier molecular flexibility index (Phi) is 5.42. The van der Waals surface area contributed by atoms with Crippen LogP contribution in [0.1, 0.15) is 21.7 Å². The number of thiazole rings is 1.